The minimum absolute atomic E-state index is 0.0467. The summed E-state index contributed by atoms with van der Waals surface area (Å²) in [7, 11) is 0. The highest BCUT2D eigenvalue weighted by atomic mass is 16.8. The fourth-order valence-corrected chi connectivity index (χ4v) is 4.27. The number of aliphatic hydroxyl groups excluding tert-OH is 2. The average molecular weight is 346 g/mol. The van der Waals surface area contributed by atoms with Gasteiger partial charge in [-0.1, -0.05) is 0 Å². The van der Waals surface area contributed by atoms with Crippen molar-refractivity contribution in [3.63, 3.8) is 0 Å². The fourth-order valence-electron chi connectivity index (χ4n) is 4.27. The molecular weight excluding hydrogens is 316 g/mol. The first-order chi connectivity index (χ1) is 11.5. The van der Waals surface area contributed by atoms with Gasteiger partial charge in [0.15, 0.2) is 0 Å². The number of carboxylic acids is 1. The van der Waals surface area contributed by atoms with E-state index >= 15 is 0 Å². The first-order valence-corrected chi connectivity index (χ1v) is 8.98. The second-order valence-electron chi connectivity index (χ2n) is 6.91. The number of aliphatic hydroxyl groups is 3. The van der Waals surface area contributed by atoms with Gasteiger partial charge in [-0.25, -0.2) is 0 Å². The first kappa shape index (κ1) is 19.6. The largest absolute Gasteiger partial charge is 0.481 e. The van der Waals surface area contributed by atoms with E-state index in [1.54, 1.807) is 0 Å². The third-order valence-corrected chi connectivity index (χ3v) is 5.35. The van der Waals surface area contributed by atoms with Crippen LogP contribution in [-0.2, 0) is 14.3 Å². The number of rotatable bonds is 12. The van der Waals surface area contributed by atoms with Gasteiger partial charge in [-0.05, 0) is 56.8 Å². The van der Waals surface area contributed by atoms with Crippen molar-refractivity contribution < 1.29 is 34.7 Å². The third-order valence-electron chi connectivity index (χ3n) is 5.35. The predicted octanol–water partition coefficient (Wildman–Crippen LogP) is 0.958. The molecule has 0 heterocycles. The SMILES string of the molecule is O=C(O)C1C2CCC(C2)C1C(O)(OCCCCO)OCCCCO. The van der Waals surface area contributed by atoms with Gasteiger partial charge in [0.05, 0.1) is 25.0 Å². The molecule has 0 saturated heterocycles. The zero-order chi connectivity index (χ0) is 17.6. The molecule has 2 fully saturated rings. The van der Waals surface area contributed by atoms with Gasteiger partial charge >= 0.3 is 5.97 Å². The number of hydrogen-bond donors (Lipinski definition) is 4. The molecule has 0 aliphatic heterocycles. The number of aliphatic carboxylic acids is 1. The summed E-state index contributed by atoms with van der Waals surface area (Å²) in [6.07, 6.45) is 4.81. The molecule has 0 radical (unpaired) electrons. The predicted molar refractivity (Wildman–Crippen MR) is 84.9 cm³/mol. The van der Waals surface area contributed by atoms with E-state index in [9.17, 15) is 15.0 Å². The molecule has 4 N–H and O–H groups in total. The van der Waals surface area contributed by atoms with E-state index in [-0.39, 0.29) is 38.3 Å². The lowest BCUT2D eigenvalue weighted by atomic mass is 9.77. The molecule has 7 nitrogen and oxygen atoms in total. The molecule has 2 aliphatic carbocycles. The van der Waals surface area contributed by atoms with Crippen molar-refractivity contribution in [2.75, 3.05) is 26.4 Å². The Morgan fingerprint density at radius 2 is 1.50 bits per heavy atom. The Bertz CT molecular complexity index is 388. The minimum Gasteiger partial charge on any atom is -0.481 e. The normalized spacial score (nSPS) is 29.3. The number of hydrogen-bond acceptors (Lipinski definition) is 6. The van der Waals surface area contributed by atoms with Crippen LogP contribution in [0.3, 0.4) is 0 Å². The molecule has 2 saturated carbocycles. The average Bonchev–Trinajstić information content (AvgIpc) is 3.17. The number of carbonyl (C=O) groups is 1. The lowest BCUT2D eigenvalue weighted by Crippen LogP contribution is -2.51. The Balaban J connectivity index is 2.06. The van der Waals surface area contributed by atoms with Gasteiger partial charge in [0.1, 0.15) is 0 Å². The van der Waals surface area contributed by atoms with Crippen molar-refractivity contribution in [1.29, 1.82) is 0 Å². The Morgan fingerprint density at radius 3 is 2.00 bits per heavy atom. The summed E-state index contributed by atoms with van der Waals surface area (Å²) < 4.78 is 11.3. The van der Waals surface area contributed by atoms with Gasteiger partial charge in [-0.3, -0.25) is 4.79 Å². The number of fused-ring (bicyclic) bond motifs is 2. The van der Waals surface area contributed by atoms with Crippen molar-refractivity contribution in [2.45, 2.75) is 50.9 Å². The van der Waals surface area contributed by atoms with Crippen LogP contribution in [0.15, 0.2) is 0 Å². The Labute approximate surface area is 142 Å². The summed E-state index contributed by atoms with van der Waals surface area (Å²) in [5, 5.41) is 38.3. The van der Waals surface area contributed by atoms with Crippen LogP contribution in [0.5, 0.6) is 0 Å². The molecule has 0 aromatic heterocycles. The van der Waals surface area contributed by atoms with Gasteiger partial charge in [0.25, 0.3) is 5.97 Å². The second kappa shape index (κ2) is 9.10. The maximum absolute atomic E-state index is 11.7. The topological polar surface area (TPSA) is 116 Å². The van der Waals surface area contributed by atoms with Crippen LogP contribution in [0.1, 0.15) is 44.9 Å². The molecule has 0 aromatic rings. The van der Waals surface area contributed by atoms with E-state index in [1.807, 2.05) is 0 Å². The summed E-state index contributed by atoms with van der Waals surface area (Å²) in [6, 6.07) is 0. The smallest absolute Gasteiger partial charge is 0.307 e. The molecule has 0 amide bonds. The van der Waals surface area contributed by atoms with Crippen LogP contribution >= 0.6 is 0 Å². The summed E-state index contributed by atoms with van der Waals surface area (Å²) in [5.74, 6) is -3.86. The van der Waals surface area contributed by atoms with Crippen molar-refractivity contribution in [1.82, 2.24) is 0 Å². The van der Waals surface area contributed by atoms with E-state index < -0.39 is 23.8 Å². The maximum atomic E-state index is 11.7. The lowest BCUT2D eigenvalue weighted by Gasteiger charge is -2.40. The Hall–Kier alpha value is -0.730. The zero-order valence-electron chi connectivity index (χ0n) is 14.1. The highest BCUT2D eigenvalue weighted by molar-refractivity contribution is 5.71. The lowest BCUT2D eigenvalue weighted by molar-refractivity contribution is -0.397. The number of carboxylic acid groups (broad SMARTS) is 1. The Kier molecular flexibility index (Phi) is 7.43. The van der Waals surface area contributed by atoms with Gasteiger partial charge in [0.2, 0.25) is 0 Å². The highest BCUT2D eigenvalue weighted by Gasteiger charge is 2.60. The van der Waals surface area contributed by atoms with E-state index in [4.69, 9.17) is 19.7 Å². The minimum atomic E-state index is -1.91. The van der Waals surface area contributed by atoms with Gasteiger partial charge < -0.3 is 29.9 Å². The van der Waals surface area contributed by atoms with Gasteiger partial charge in [0, 0.05) is 13.2 Å². The molecule has 4 unspecified atom stereocenters. The fraction of sp³-hybridized carbons (Fsp3) is 0.941. The standard InChI is InChI=1S/C17H30O7/c18-7-1-3-9-23-17(22,24-10-4-2-8-19)15-13-6-5-12(11-13)14(15)16(20)21/h12-15,18-19,22H,1-11H2,(H,20,21). The summed E-state index contributed by atoms with van der Waals surface area (Å²) in [4.78, 5) is 11.7. The molecule has 4 atom stereocenters. The van der Waals surface area contributed by atoms with Crippen molar-refractivity contribution in [3.05, 3.63) is 0 Å². The van der Waals surface area contributed by atoms with Crippen LogP contribution in [0.25, 0.3) is 0 Å². The van der Waals surface area contributed by atoms with Gasteiger partial charge in [-0.2, -0.15) is 0 Å². The van der Waals surface area contributed by atoms with Gasteiger partial charge in [-0.15, -0.1) is 0 Å². The molecule has 2 aliphatic rings. The Morgan fingerprint density at radius 1 is 0.958 bits per heavy atom. The quantitative estimate of drug-likeness (QED) is 0.307. The van der Waals surface area contributed by atoms with Crippen LogP contribution in [-0.4, -0.2) is 58.8 Å². The van der Waals surface area contributed by atoms with Crippen molar-refractivity contribution in [2.24, 2.45) is 23.7 Å². The monoisotopic (exact) mass is 346 g/mol. The number of unbranched alkanes of at least 4 members (excludes halogenated alkanes) is 2. The molecule has 2 rings (SSSR count). The van der Waals surface area contributed by atoms with E-state index in [0.717, 1.165) is 19.3 Å². The van der Waals surface area contributed by atoms with Crippen LogP contribution in [0.4, 0.5) is 0 Å². The maximum Gasteiger partial charge on any atom is 0.307 e. The third kappa shape index (κ3) is 4.46. The molecule has 24 heavy (non-hydrogen) atoms. The summed E-state index contributed by atoms with van der Waals surface area (Å²) in [6.45, 7) is 0.505. The van der Waals surface area contributed by atoms with E-state index in [2.05, 4.69) is 0 Å². The van der Waals surface area contributed by atoms with Crippen LogP contribution in [0.2, 0.25) is 0 Å². The van der Waals surface area contributed by atoms with Crippen LogP contribution < -0.4 is 0 Å². The zero-order valence-corrected chi connectivity index (χ0v) is 14.1. The summed E-state index contributed by atoms with van der Waals surface area (Å²) in [5.41, 5.74) is 0. The van der Waals surface area contributed by atoms with Crippen LogP contribution in [0, 0.1) is 23.7 Å². The molecule has 0 spiro atoms. The van der Waals surface area contributed by atoms with Crippen molar-refractivity contribution in [3.8, 4) is 0 Å². The van der Waals surface area contributed by atoms with E-state index in [1.165, 1.54) is 0 Å². The molecule has 2 bridgehead atoms. The number of ether oxygens (including phenoxy) is 2. The molecular formula is C17H30O7. The highest BCUT2D eigenvalue weighted by Crippen LogP contribution is 2.56. The molecule has 140 valence electrons. The molecule has 0 aromatic carbocycles. The van der Waals surface area contributed by atoms with Crippen molar-refractivity contribution >= 4 is 5.97 Å². The molecule has 7 heteroatoms. The van der Waals surface area contributed by atoms with E-state index in [0.29, 0.717) is 25.7 Å². The summed E-state index contributed by atoms with van der Waals surface area (Å²) >= 11 is 0. The second-order valence-corrected chi connectivity index (χ2v) is 6.91. The first-order valence-electron chi connectivity index (χ1n) is 8.98.